The SMILES string of the molecule is CCCCc1ccc(C(NCCC)C2CC3CC3C2)cc1. The van der Waals surface area contributed by atoms with Crippen LogP contribution in [0.3, 0.4) is 0 Å². The van der Waals surface area contributed by atoms with E-state index in [2.05, 4.69) is 43.4 Å². The highest BCUT2D eigenvalue weighted by atomic mass is 14.9. The van der Waals surface area contributed by atoms with E-state index in [1.54, 1.807) is 0 Å². The Labute approximate surface area is 130 Å². The zero-order chi connectivity index (χ0) is 14.7. The molecule has 1 aromatic rings. The molecule has 0 amide bonds. The van der Waals surface area contributed by atoms with Crippen LogP contribution in [-0.4, -0.2) is 6.54 Å². The number of nitrogens with one attached hydrogen (secondary N) is 1. The maximum atomic E-state index is 3.83. The van der Waals surface area contributed by atoms with Crippen molar-refractivity contribution in [2.75, 3.05) is 6.54 Å². The van der Waals surface area contributed by atoms with E-state index in [-0.39, 0.29) is 0 Å². The molecule has 0 heterocycles. The zero-order valence-electron chi connectivity index (χ0n) is 13.8. The van der Waals surface area contributed by atoms with Crippen molar-refractivity contribution in [3.8, 4) is 0 Å². The lowest BCUT2D eigenvalue weighted by atomic mass is 9.88. The molecule has 2 fully saturated rings. The van der Waals surface area contributed by atoms with Crippen molar-refractivity contribution in [3.63, 3.8) is 0 Å². The van der Waals surface area contributed by atoms with Crippen molar-refractivity contribution in [3.05, 3.63) is 35.4 Å². The minimum Gasteiger partial charge on any atom is -0.310 e. The van der Waals surface area contributed by atoms with E-state index < -0.39 is 0 Å². The minimum atomic E-state index is 0.595. The molecule has 0 saturated heterocycles. The number of rotatable bonds is 8. The van der Waals surface area contributed by atoms with Gasteiger partial charge in [0.1, 0.15) is 0 Å². The Balaban J connectivity index is 1.66. The molecule has 2 aliphatic carbocycles. The van der Waals surface area contributed by atoms with Gasteiger partial charge in [-0.15, -0.1) is 0 Å². The second kappa shape index (κ2) is 6.96. The maximum absolute atomic E-state index is 3.83. The summed E-state index contributed by atoms with van der Waals surface area (Å²) in [5.41, 5.74) is 3.03. The lowest BCUT2D eigenvalue weighted by Gasteiger charge is -2.27. The molecule has 2 saturated carbocycles. The van der Waals surface area contributed by atoms with Crippen LogP contribution in [0.1, 0.15) is 69.5 Å². The summed E-state index contributed by atoms with van der Waals surface area (Å²) in [5.74, 6) is 3.02. The second-order valence-electron chi connectivity index (χ2n) is 7.26. The van der Waals surface area contributed by atoms with Crippen molar-refractivity contribution in [1.29, 1.82) is 0 Å². The molecule has 0 radical (unpaired) electrons. The fourth-order valence-electron chi connectivity index (χ4n) is 4.16. The predicted octanol–water partition coefficient (Wildman–Crippen LogP) is 5.12. The Hall–Kier alpha value is -0.820. The summed E-state index contributed by atoms with van der Waals surface area (Å²) in [6.45, 7) is 5.68. The number of fused-ring (bicyclic) bond motifs is 1. The van der Waals surface area contributed by atoms with E-state index >= 15 is 0 Å². The normalized spacial score (nSPS) is 28.4. The van der Waals surface area contributed by atoms with Crippen LogP contribution in [0.4, 0.5) is 0 Å². The van der Waals surface area contributed by atoms with Gasteiger partial charge in [-0.05, 0) is 74.0 Å². The fourth-order valence-corrected chi connectivity index (χ4v) is 4.16. The van der Waals surface area contributed by atoms with Crippen molar-refractivity contribution in [2.24, 2.45) is 17.8 Å². The Bertz CT molecular complexity index is 426. The molecule has 1 heteroatoms. The first-order chi connectivity index (χ1) is 10.3. The third-order valence-electron chi connectivity index (χ3n) is 5.52. The lowest BCUT2D eigenvalue weighted by Crippen LogP contribution is -2.28. The highest BCUT2D eigenvalue weighted by Crippen LogP contribution is 2.57. The van der Waals surface area contributed by atoms with Crippen LogP contribution in [0.25, 0.3) is 0 Å². The van der Waals surface area contributed by atoms with E-state index in [1.165, 1.54) is 56.1 Å². The number of hydrogen-bond donors (Lipinski definition) is 1. The topological polar surface area (TPSA) is 12.0 Å². The van der Waals surface area contributed by atoms with E-state index in [1.807, 2.05) is 0 Å². The van der Waals surface area contributed by atoms with Crippen molar-refractivity contribution < 1.29 is 0 Å². The molecule has 116 valence electrons. The van der Waals surface area contributed by atoms with E-state index in [0.29, 0.717) is 6.04 Å². The van der Waals surface area contributed by atoms with Gasteiger partial charge in [0.05, 0.1) is 0 Å². The predicted molar refractivity (Wildman–Crippen MR) is 90.4 cm³/mol. The molecule has 3 rings (SSSR count). The van der Waals surface area contributed by atoms with E-state index in [9.17, 15) is 0 Å². The molecule has 0 spiro atoms. The molecule has 1 aromatic carbocycles. The van der Waals surface area contributed by atoms with E-state index in [4.69, 9.17) is 0 Å². The highest BCUT2D eigenvalue weighted by molar-refractivity contribution is 5.26. The number of aryl methyl sites for hydroxylation is 1. The largest absolute Gasteiger partial charge is 0.310 e. The smallest absolute Gasteiger partial charge is 0.0348 e. The van der Waals surface area contributed by atoms with Gasteiger partial charge in [-0.1, -0.05) is 44.5 Å². The first-order valence-electron chi connectivity index (χ1n) is 9.14. The van der Waals surface area contributed by atoms with Crippen LogP contribution in [0.5, 0.6) is 0 Å². The first kappa shape index (κ1) is 15.1. The molecule has 0 bridgehead atoms. The average Bonchev–Trinajstić information content (AvgIpc) is 3.13. The molecule has 2 aliphatic rings. The molecule has 21 heavy (non-hydrogen) atoms. The van der Waals surface area contributed by atoms with Crippen LogP contribution in [0.15, 0.2) is 24.3 Å². The van der Waals surface area contributed by atoms with Gasteiger partial charge in [0, 0.05) is 6.04 Å². The van der Waals surface area contributed by atoms with Gasteiger partial charge in [-0.2, -0.15) is 0 Å². The standard InChI is InChI=1S/C20H31N/c1-3-5-6-15-7-9-16(10-8-15)20(21-11-4-2)19-13-17-12-18(17)14-19/h7-10,17-21H,3-6,11-14H2,1-2H3. The molecular formula is C20H31N. The Morgan fingerprint density at radius 1 is 1.00 bits per heavy atom. The Morgan fingerprint density at radius 3 is 2.33 bits per heavy atom. The van der Waals surface area contributed by atoms with Crippen LogP contribution >= 0.6 is 0 Å². The summed E-state index contributed by atoms with van der Waals surface area (Å²) < 4.78 is 0. The Kier molecular flexibility index (Phi) is 5.00. The van der Waals surface area contributed by atoms with Gasteiger partial charge in [0.25, 0.3) is 0 Å². The second-order valence-corrected chi connectivity index (χ2v) is 7.26. The zero-order valence-corrected chi connectivity index (χ0v) is 13.8. The molecule has 0 aliphatic heterocycles. The molecule has 3 atom stereocenters. The summed E-state index contributed by atoms with van der Waals surface area (Å²) in [7, 11) is 0. The third kappa shape index (κ3) is 3.69. The van der Waals surface area contributed by atoms with Gasteiger partial charge >= 0.3 is 0 Å². The lowest BCUT2D eigenvalue weighted by molar-refractivity contribution is 0.342. The van der Waals surface area contributed by atoms with Crippen molar-refractivity contribution >= 4 is 0 Å². The Morgan fingerprint density at radius 2 is 1.71 bits per heavy atom. The molecule has 0 aromatic heterocycles. The number of unbranched alkanes of at least 4 members (excludes halogenated alkanes) is 1. The monoisotopic (exact) mass is 285 g/mol. The quantitative estimate of drug-likeness (QED) is 0.699. The van der Waals surface area contributed by atoms with Crippen LogP contribution < -0.4 is 5.32 Å². The van der Waals surface area contributed by atoms with Gasteiger partial charge in [-0.25, -0.2) is 0 Å². The van der Waals surface area contributed by atoms with Gasteiger partial charge in [0.15, 0.2) is 0 Å². The molecule has 1 N–H and O–H groups in total. The summed E-state index contributed by atoms with van der Waals surface area (Å²) in [5, 5.41) is 3.83. The number of hydrogen-bond acceptors (Lipinski definition) is 1. The summed E-state index contributed by atoms with van der Waals surface area (Å²) in [6.07, 6.45) is 9.50. The third-order valence-corrected chi connectivity index (χ3v) is 5.52. The van der Waals surface area contributed by atoms with Gasteiger partial charge in [-0.3, -0.25) is 0 Å². The minimum absolute atomic E-state index is 0.595. The van der Waals surface area contributed by atoms with Gasteiger partial charge in [0.2, 0.25) is 0 Å². The first-order valence-corrected chi connectivity index (χ1v) is 9.14. The summed E-state index contributed by atoms with van der Waals surface area (Å²) >= 11 is 0. The molecular weight excluding hydrogens is 254 g/mol. The van der Waals surface area contributed by atoms with Crippen LogP contribution in [0.2, 0.25) is 0 Å². The molecule has 3 unspecified atom stereocenters. The fraction of sp³-hybridized carbons (Fsp3) is 0.700. The number of benzene rings is 1. The van der Waals surface area contributed by atoms with Crippen LogP contribution in [0, 0.1) is 17.8 Å². The van der Waals surface area contributed by atoms with Crippen LogP contribution in [-0.2, 0) is 6.42 Å². The van der Waals surface area contributed by atoms with Gasteiger partial charge < -0.3 is 5.32 Å². The highest BCUT2D eigenvalue weighted by Gasteiger charge is 2.47. The maximum Gasteiger partial charge on any atom is 0.0348 e. The summed E-state index contributed by atoms with van der Waals surface area (Å²) in [6, 6.07) is 10.1. The van der Waals surface area contributed by atoms with E-state index in [0.717, 1.165) is 24.3 Å². The summed E-state index contributed by atoms with van der Waals surface area (Å²) in [4.78, 5) is 0. The molecule has 1 nitrogen and oxygen atoms in total. The van der Waals surface area contributed by atoms with Crippen molar-refractivity contribution in [2.45, 2.75) is 64.8 Å². The average molecular weight is 285 g/mol. The van der Waals surface area contributed by atoms with Crippen molar-refractivity contribution in [1.82, 2.24) is 5.32 Å².